The lowest BCUT2D eigenvalue weighted by molar-refractivity contribution is -0.137. The molecule has 0 spiro atoms. The van der Waals surface area contributed by atoms with Crippen LogP contribution in [0.1, 0.15) is 15.4 Å². The Bertz CT molecular complexity index is 921. The zero-order chi connectivity index (χ0) is 18.5. The third kappa shape index (κ3) is 3.83. The van der Waals surface area contributed by atoms with Gasteiger partial charge in [-0.25, -0.2) is 4.98 Å². The Kier molecular flexibility index (Phi) is 5.18. The maximum Gasteiger partial charge on any atom is 0.287 e. The number of primary amides is 1. The van der Waals surface area contributed by atoms with Crippen molar-refractivity contribution in [2.24, 2.45) is 5.73 Å². The Morgan fingerprint density at radius 1 is 1.19 bits per heavy atom. The molecule has 0 aromatic carbocycles. The summed E-state index contributed by atoms with van der Waals surface area (Å²) < 4.78 is 0. The van der Waals surface area contributed by atoms with Crippen molar-refractivity contribution in [1.82, 2.24) is 20.3 Å². The number of pyridine rings is 1. The maximum atomic E-state index is 12.7. The number of nitrogens with two attached hydrogens (primary N) is 1. The first-order chi connectivity index (χ1) is 12.6. The molecule has 2 amide bonds. The molecule has 0 saturated carbocycles. The van der Waals surface area contributed by atoms with Gasteiger partial charge in [-0.05, 0) is 23.6 Å². The number of imidazole rings is 1. The van der Waals surface area contributed by atoms with E-state index in [2.05, 4.69) is 20.3 Å². The monoisotopic (exact) mass is 369 g/mol. The molecule has 132 valence electrons. The Morgan fingerprint density at radius 3 is 2.69 bits per heavy atom. The number of H-pyrrole nitrogens is 1. The van der Waals surface area contributed by atoms with Crippen LogP contribution in [0, 0.1) is 0 Å². The topological polar surface area (TPSA) is 131 Å². The molecule has 3 heterocycles. The SMILES string of the molecule is NC(=O)C(=O)C(Cc1cccs1)NC(=O)c1[nH]cnc1-c1ccccn1. The van der Waals surface area contributed by atoms with Crippen LogP contribution in [0.5, 0.6) is 0 Å². The fourth-order valence-electron chi connectivity index (χ4n) is 2.41. The quantitative estimate of drug-likeness (QED) is 0.533. The fraction of sp³-hybridized carbons (Fsp3) is 0.118. The van der Waals surface area contributed by atoms with Gasteiger partial charge in [0.1, 0.15) is 17.4 Å². The van der Waals surface area contributed by atoms with E-state index in [4.69, 9.17) is 5.73 Å². The molecule has 8 nitrogen and oxygen atoms in total. The molecule has 1 unspecified atom stereocenters. The molecule has 0 saturated heterocycles. The number of carbonyl (C=O) groups is 3. The van der Waals surface area contributed by atoms with Crippen molar-refractivity contribution in [3.05, 3.63) is 58.8 Å². The van der Waals surface area contributed by atoms with Crippen molar-refractivity contribution in [3.63, 3.8) is 0 Å². The van der Waals surface area contributed by atoms with Crippen LogP contribution in [0.4, 0.5) is 0 Å². The van der Waals surface area contributed by atoms with Crippen molar-refractivity contribution < 1.29 is 14.4 Å². The summed E-state index contributed by atoms with van der Waals surface area (Å²) in [4.78, 5) is 48.0. The lowest BCUT2D eigenvalue weighted by atomic mass is 10.1. The first kappa shape index (κ1) is 17.5. The normalized spacial score (nSPS) is 11.7. The molecule has 3 rings (SSSR count). The standard InChI is InChI=1S/C17H15N5O3S/c18-16(24)15(23)12(8-10-4-3-7-26-10)22-17(25)14-13(20-9-21-14)11-5-1-2-6-19-11/h1-7,9,12H,8H2,(H2,18,24)(H,20,21)(H,22,25). The number of Topliss-reactive ketones (excluding diaryl/α,β-unsaturated/α-hetero) is 1. The predicted molar refractivity (Wildman–Crippen MR) is 95.3 cm³/mol. The summed E-state index contributed by atoms with van der Waals surface area (Å²) in [6.07, 6.45) is 3.13. The second-order valence-corrected chi connectivity index (χ2v) is 6.41. The van der Waals surface area contributed by atoms with Crippen molar-refractivity contribution in [2.75, 3.05) is 0 Å². The number of amides is 2. The highest BCUT2D eigenvalue weighted by molar-refractivity contribution is 7.09. The molecule has 9 heteroatoms. The summed E-state index contributed by atoms with van der Waals surface area (Å²) in [6, 6.07) is 7.81. The number of nitrogens with zero attached hydrogens (tertiary/aromatic N) is 2. The van der Waals surface area contributed by atoms with Gasteiger partial charge in [-0.15, -0.1) is 11.3 Å². The minimum atomic E-state index is -1.10. The number of hydrogen-bond donors (Lipinski definition) is 3. The molecular formula is C17H15N5O3S. The highest BCUT2D eigenvalue weighted by Gasteiger charge is 2.28. The summed E-state index contributed by atoms with van der Waals surface area (Å²) >= 11 is 1.42. The van der Waals surface area contributed by atoms with Crippen molar-refractivity contribution >= 4 is 28.9 Å². The second kappa shape index (κ2) is 7.70. The van der Waals surface area contributed by atoms with E-state index in [0.29, 0.717) is 11.4 Å². The number of rotatable bonds is 7. The first-order valence-electron chi connectivity index (χ1n) is 7.68. The van der Waals surface area contributed by atoms with Crippen LogP contribution in [0.3, 0.4) is 0 Å². The van der Waals surface area contributed by atoms with E-state index < -0.39 is 23.6 Å². The van der Waals surface area contributed by atoms with E-state index in [9.17, 15) is 14.4 Å². The van der Waals surface area contributed by atoms with Crippen LogP contribution in [-0.2, 0) is 16.0 Å². The molecule has 4 N–H and O–H groups in total. The van der Waals surface area contributed by atoms with Gasteiger partial charge in [0, 0.05) is 17.5 Å². The zero-order valence-corrected chi connectivity index (χ0v) is 14.3. The van der Waals surface area contributed by atoms with Crippen LogP contribution in [0.25, 0.3) is 11.4 Å². The Labute approximate surface area is 152 Å². The second-order valence-electron chi connectivity index (χ2n) is 5.38. The molecule has 3 aromatic rings. The van der Waals surface area contributed by atoms with Crippen LogP contribution < -0.4 is 11.1 Å². The lowest BCUT2D eigenvalue weighted by Crippen LogP contribution is -2.47. The first-order valence-corrected chi connectivity index (χ1v) is 8.56. The van der Waals surface area contributed by atoms with E-state index in [-0.39, 0.29) is 12.1 Å². The summed E-state index contributed by atoms with van der Waals surface area (Å²) in [5, 5.41) is 4.41. The van der Waals surface area contributed by atoms with Crippen molar-refractivity contribution in [1.29, 1.82) is 0 Å². The number of hydrogen-bond acceptors (Lipinski definition) is 6. The summed E-state index contributed by atoms with van der Waals surface area (Å²) in [5.74, 6) is -2.52. The van der Waals surface area contributed by atoms with Gasteiger partial charge in [-0.2, -0.15) is 0 Å². The van der Waals surface area contributed by atoms with Gasteiger partial charge in [0.15, 0.2) is 0 Å². The summed E-state index contributed by atoms with van der Waals surface area (Å²) in [6.45, 7) is 0. The molecule has 3 aromatic heterocycles. The number of ketones is 1. The fourth-order valence-corrected chi connectivity index (χ4v) is 3.16. The van der Waals surface area contributed by atoms with Gasteiger partial charge in [0.05, 0.1) is 12.0 Å². The number of aromatic nitrogens is 3. The van der Waals surface area contributed by atoms with E-state index in [1.165, 1.54) is 17.7 Å². The highest BCUT2D eigenvalue weighted by atomic mass is 32.1. The third-order valence-electron chi connectivity index (χ3n) is 3.62. The smallest absolute Gasteiger partial charge is 0.287 e. The number of carbonyl (C=O) groups excluding carboxylic acids is 3. The van der Waals surface area contributed by atoms with E-state index in [0.717, 1.165) is 4.88 Å². The van der Waals surface area contributed by atoms with Gasteiger partial charge >= 0.3 is 0 Å². The predicted octanol–water partition coefficient (Wildman–Crippen LogP) is 0.929. The van der Waals surface area contributed by atoms with E-state index >= 15 is 0 Å². The summed E-state index contributed by atoms with van der Waals surface area (Å²) in [7, 11) is 0. The maximum absolute atomic E-state index is 12.7. The van der Waals surface area contributed by atoms with Crippen LogP contribution in [0.2, 0.25) is 0 Å². The number of nitrogens with one attached hydrogen (secondary N) is 2. The molecule has 0 radical (unpaired) electrons. The Morgan fingerprint density at radius 2 is 2.04 bits per heavy atom. The molecule has 0 aliphatic heterocycles. The summed E-state index contributed by atoms with van der Waals surface area (Å²) in [5.41, 5.74) is 6.13. The molecular weight excluding hydrogens is 354 g/mol. The number of aromatic amines is 1. The Balaban J connectivity index is 1.83. The highest BCUT2D eigenvalue weighted by Crippen LogP contribution is 2.18. The van der Waals surface area contributed by atoms with Crippen LogP contribution >= 0.6 is 11.3 Å². The Hall–Kier alpha value is -3.33. The largest absolute Gasteiger partial charge is 0.363 e. The molecule has 1 atom stereocenters. The third-order valence-corrected chi connectivity index (χ3v) is 4.52. The molecule has 0 bridgehead atoms. The molecule has 26 heavy (non-hydrogen) atoms. The minimum absolute atomic E-state index is 0.150. The van der Waals surface area contributed by atoms with Gasteiger partial charge in [0.2, 0.25) is 5.78 Å². The zero-order valence-electron chi connectivity index (χ0n) is 13.5. The van der Waals surface area contributed by atoms with Gasteiger partial charge in [0.25, 0.3) is 11.8 Å². The van der Waals surface area contributed by atoms with Gasteiger partial charge < -0.3 is 16.0 Å². The lowest BCUT2D eigenvalue weighted by Gasteiger charge is -2.15. The average Bonchev–Trinajstić information content (AvgIpc) is 3.32. The minimum Gasteiger partial charge on any atom is -0.363 e. The van der Waals surface area contributed by atoms with Crippen LogP contribution in [0.15, 0.2) is 48.2 Å². The van der Waals surface area contributed by atoms with E-state index in [1.807, 2.05) is 17.5 Å². The van der Waals surface area contributed by atoms with E-state index in [1.54, 1.807) is 24.4 Å². The molecule has 0 aliphatic rings. The van der Waals surface area contributed by atoms with Crippen LogP contribution in [-0.4, -0.2) is 38.6 Å². The molecule has 0 fully saturated rings. The number of thiophene rings is 1. The van der Waals surface area contributed by atoms with Crippen molar-refractivity contribution in [2.45, 2.75) is 12.5 Å². The van der Waals surface area contributed by atoms with Crippen molar-refractivity contribution in [3.8, 4) is 11.4 Å². The van der Waals surface area contributed by atoms with Gasteiger partial charge in [-0.3, -0.25) is 19.4 Å². The van der Waals surface area contributed by atoms with Gasteiger partial charge in [-0.1, -0.05) is 12.1 Å². The average molecular weight is 369 g/mol. The molecule has 0 aliphatic carbocycles.